The fourth-order valence-electron chi connectivity index (χ4n) is 4.15. The number of carbonyl (C=O) groups excluding carboxylic acids is 3. The molecule has 0 fully saturated rings. The molecule has 2 atom stereocenters. The molecule has 0 aromatic heterocycles. The molecule has 4 N–H and O–H groups in total. The average Bonchev–Trinajstić information content (AvgIpc) is 2.78. The fourth-order valence-corrected chi connectivity index (χ4v) is 4.15. The SMILES string of the molecule is Cc1cccc(C(C(=O)Nc2c(C)cccc2C)N(C(=O)C(CO)NC(=O)OC(C)(C)C)C(C)(C)C)c1O. The summed E-state index contributed by atoms with van der Waals surface area (Å²) < 4.78 is 5.27. The van der Waals surface area contributed by atoms with Gasteiger partial charge in [0.1, 0.15) is 23.4 Å². The van der Waals surface area contributed by atoms with Gasteiger partial charge in [-0.1, -0.05) is 36.4 Å². The molecule has 208 valence electrons. The van der Waals surface area contributed by atoms with Crippen molar-refractivity contribution in [3.05, 3.63) is 58.7 Å². The Hall–Kier alpha value is -3.59. The first-order valence-corrected chi connectivity index (χ1v) is 12.6. The molecule has 9 heteroatoms. The number of ether oxygens (including phenoxy) is 1. The Morgan fingerprint density at radius 3 is 1.95 bits per heavy atom. The summed E-state index contributed by atoms with van der Waals surface area (Å²) in [7, 11) is 0. The number of nitrogens with zero attached hydrogens (tertiary/aromatic N) is 1. The highest BCUT2D eigenvalue weighted by Crippen LogP contribution is 2.37. The number of rotatable bonds is 7. The van der Waals surface area contributed by atoms with E-state index in [1.165, 1.54) is 4.90 Å². The Morgan fingerprint density at radius 2 is 1.45 bits per heavy atom. The molecule has 9 nitrogen and oxygen atoms in total. The summed E-state index contributed by atoms with van der Waals surface area (Å²) in [6.07, 6.45) is -0.881. The van der Waals surface area contributed by atoms with Crippen LogP contribution in [0, 0.1) is 20.8 Å². The van der Waals surface area contributed by atoms with E-state index in [1.807, 2.05) is 32.0 Å². The van der Waals surface area contributed by atoms with Crippen LogP contribution in [0.4, 0.5) is 10.5 Å². The summed E-state index contributed by atoms with van der Waals surface area (Å²) in [4.78, 5) is 41.7. The van der Waals surface area contributed by atoms with Crippen molar-refractivity contribution in [3.63, 3.8) is 0 Å². The van der Waals surface area contributed by atoms with E-state index in [2.05, 4.69) is 10.6 Å². The van der Waals surface area contributed by atoms with Gasteiger partial charge in [-0.2, -0.15) is 0 Å². The smallest absolute Gasteiger partial charge is 0.408 e. The lowest BCUT2D eigenvalue weighted by Gasteiger charge is -2.43. The highest BCUT2D eigenvalue weighted by Gasteiger charge is 2.43. The van der Waals surface area contributed by atoms with E-state index in [0.717, 1.165) is 11.1 Å². The zero-order valence-electron chi connectivity index (χ0n) is 23.8. The first kappa shape index (κ1) is 30.6. The minimum Gasteiger partial charge on any atom is -0.507 e. The molecule has 0 heterocycles. The third-order valence-corrected chi connectivity index (χ3v) is 5.93. The Bertz CT molecular complexity index is 1160. The molecule has 0 spiro atoms. The minimum absolute atomic E-state index is 0.128. The number of aliphatic hydroxyl groups is 1. The number of carbonyl (C=O) groups is 3. The van der Waals surface area contributed by atoms with Gasteiger partial charge >= 0.3 is 6.09 Å². The van der Waals surface area contributed by atoms with E-state index in [-0.39, 0.29) is 11.3 Å². The van der Waals surface area contributed by atoms with Crippen molar-refractivity contribution in [2.75, 3.05) is 11.9 Å². The van der Waals surface area contributed by atoms with Crippen LogP contribution in [0.5, 0.6) is 5.75 Å². The molecule has 2 aromatic carbocycles. The highest BCUT2D eigenvalue weighted by molar-refractivity contribution is 6.00. The van der Waals surface area contributed by atoms with E-state index < -0.39 is 47.7 Å². The van der Waals surface area contributed by atoms with E-state index in [1.54, 1.807) is 66.7 Å². The molecule has 2 aromatic rings. The first-order chi connectivity index (χ1) is 17.5. The van der Waals surface area contributed by atoms with E-state index in [0.29, 0.717) is 11.3 Å². The molecule has 0 saturated carbocycles. The molecular formula is C29H41N3O6. The second-order valence-corrected chi connectivity index (χ2v) is 11.4. The van der Waals surface area contributed by atoms with Gasteiger partial charge in [0.15, 0.2) is 0 Å². The lowest BCUT2D eigenvalue weighted by atomic mass is 9.93. The van der Waals surface area contributed by atoms with Gasteiger partial charge < -0.3 is 30.5 Å². The Labute approximate surface area is 225 Å². The Balaban J connectivity index is 2.64. The van der Waals surface area contributed by atoms with Crippen molar-refractivity contribution in [3.8, 4) is 5.75 Å². The largest absolute Gasteiger partial charge is 0.507 e. The predicted octanol–water partition coefficient (Wildman–Crippen LogP) is 4.51. The van der Waals surface area contributed by atoms with E-state index >= 15 is 0 Å². The molecule has 3 amide bonds. The predicted molar refractivity (Wildman–Crippen MR) is 147 cm³/mol. The third-order valence-electron chi connectivity index (χ3n) is 5.93. The van der Waals surface area contributed by atoms with Crippen molar-refractivity contribution >= 4 is 23.6 Å². The number of anilines is 1. The number of phenols is 1. The molecule has 0 saturated heterocycles. The topological polar surface area (TPSA) is 128 Å². The number of aromatic hydroxyl groups is 1. The number of nitrogens with one attached hydrogen (secondary N) is 2. The molecule has 2 unspecified atom stereocenters. The number of phenolic OH excluding ortho intramolecular Hbond substituents is 1. The normalized spacial score (nSPS) is 13.3. The second kappa shape index (κ2) is 11.9. The summed E-state index contributed by atoms with van der Waals surface area (Å²) >= 11 is 0. The van der Waals surface area contributed by atoms with Crippen molar-refractivity contribution in [1.82, 2.24) is 10.2 Å². The number of para-hydroxylation sites is 2. The molecule has 0 aliphatic rings. The summed E-state index contributed by atoms with van der Waals surface area (Å²) in [5.41, 5.74) is 1.21. The zero-order valence-corrected chi connectivity index (χ0v) is 23.8. The number of alkyl carbamates (subject to hydrolysis) is 1. The lowest BCUT2D eigenvalue weighted by molar-refractivity contribution is -0.147. The Kier molecular flexibility index (Phi) is 9.56. The van der Waals surface area contributed by atoms with Crippen molar-refractivity contribution in [2.45, 2.75) is 85.5 Å². The van der Waals surface area contributed by atoms with Crippen LogP contribution in [0.25, 0.3) is 0 Å². The van der Waals surface area contributed by atoms with Crippen LogP contribution in [0.2, 0.25) is 0 Å². The van der Waals surface area contributed by atoms with Crippen LogP contribution < -0.4 is 10.6 Å². The molecule has 0 aliphatic carbocycles. The van der Waals surface area contributed by atoms with E-state index in [4.69, 9.17) is 4.74 Å². The number of aryl methyl sites for hydroxylation is 3. The highest BCUT2D eigenvalue weighted by atomic mass is 16.6. The van der Waals surface area contributed by atoms with Gasteiger partial charge in [-0.05, 0) is 79.0 Å². The van der Waals surface area contributed by atoms with Crippen LogP contribution in [-0.2, 0) is 14.3 Å². The number of amides is 3. The van der Waals surface area contributed by atoms with Gasteiger partial charge in [-0.15, -0.1) is 0 Å². The maximum Gasteiger partial charge on any atom is 0.408 e. The maximum absolute atomic E-state index is 14.0. The maximum atomic E-state index is 14.0. The van der Waals surface area contributed by atoms with Crippen molar-refractivity contribution < 1.29 is 29.3 Å². The third kappa shape index (κ3) is 7.47. The summed E-state index contributed by atoms with van der Waals surface area (Å²) in [5, 5.41) is 26.4. The second-order valence-electron chi connectivity index (χ2n) is 11.4. The van der Waals surface area contributed by atoms with Crippen LogP contribution >= 0.6 is 0 Å². The molecule has 38 heavy (non-hydrogen) atoms. The fraction of sp³-hybridized carbons (Fsp3) is 0.483. The van der Waals surface area contributed by atoms with Crippen molar-refractivity contribution in [1.29, 1.82) is 0 Å². The van der Waals surface area contributed by atoms with Crippen LogP contribution in [0.15, 0.2) is 36.4 Å². The number of hydrogen-bond donors (Lipinski definition) is 4. The number of aliphatic hydroxyl groups excluding tert-OH is 1. The van der Waals surface area contributed by atoms with Gasteiger partial charge in [0.05, 0.1) is 6.61 Å². The quantitative estimate of drug-likeness (QED) is 0.419. The van der Waals surface area contributed by atoms with E-state index in [9.17, 15) is 24.6 Å². The summed E-state index contributed by atoms with van der Waals surface area (Å²) in [6.45, 7) is 14.9. The molecule has 2 rings (SSSR count). The van der Waals surface area contributed by atoms with Gasteiger partial charge in [0.25, 0.3) is 5.91 Å². The monoisotopic (exact) mass is 527 g/mol. The zero-order chi connectivity index (χ0) is 29.0. The average molecular weight is 528 g/mol. The molecule has 0 radical (unpaired) electrons. The minimum atomic E-state index is -1.40. The number of benzene rings is 2. The van der Waals surface area contributed by atoms with Crippen molar-refractivity contribution in [2.24, 2.45) is 0 Å². The summed E-state index contributed by atoms with van der Waals surface area (Å²) in [5.74, 6) is -1.40. The van der Waals surface area contributed by atoms with Crippen LogP contribution in [0.1, 0.15) is 69.8 Å². The Morgan fingerprint density at radius 1 is 0.921 bits per heavy atom. The van der Waals surface area contributed by atoms with Crippen LogP contribution in [-0.4, -0.2) is 56.8 Å². The lowest BCUT2D eigenvalue weighted by Crippen LogP contribution is -2.59. The van der Waals surface area contributed by atoms with Gasteiger partial charge in [0, 0.05) is 16.8 Å². The molecule has 0 aliphatic heterocycles. The molecule has 0 bridgehead atoms. The van der Waals surface area contributed by atoms with Gasteiger partial charge in [-0.3, -0.25) is 9.59 Å². The number of hydrogen-bond acceptors (Lipinski definition) is 6. The standard InChI is InChI=1S/C29H41N3O6/c1-17-12-10-13-18(2)22(17)31-25(35)23(20-15-11-14-19(3)24(20)34)32(28(4,5)6)26(36)21(16-33)30-27(37)38-29(7,8)9/h10-15,21,23,33-34H,16H2,1-9H3,(H,30,37)(H,31,35). The first-order valence-electron chi connectivity index (χ1n) is 12.6. The molecular weight excluding hydrogens is 486 g/mol. The van der Waals surface area contributed by atoms with Crippen LogP contribution in [0.3, 0.4) is 0 Å². The van der Waals surface area contributed by atoms with Gasteiger partial charge in [0.2, 0.25) is 5.91 Å². The summed E-state index contributed by atoms with van der Waals surface area (Å²) in [6, 6.07) is 7.88. The van der Waals surface area contributed by atoms with Gasteiger partial charge in [-0.25, -0.2) is 4.79 Å².